The SMILES string of the molecule is Cc1nn(C(C)(C)C)c(N)c1N=O. The highest BCUT2D eigenvalue weighted by molar-refractivity contribution is 5.61. The van der Waals surface area contributed by atoms with Gasteiger partial charge < -0.3 is 5.73 Å². The number of hydrogen-bond donors (Lipinski definition) is 1. The summed E-state index contributed by atoms with van der Waals surface area (Å²) in [5, 5.41) is 7.00. The van der Waals surface area contributed by atoms with Crippen LogP contribution in [0, 0.1) is 11.8 Å². The number of nitrogens with two attached hydrogens (primary N) is 1. The highest BCUT2D eigenvalue weighted by atomic mass is 16.3. The van der Waals surface area contributed by atoms with Crippen LogP contribution in [0.3, 0.4) is 0 Å². The number of rotatable bonds is 1. The Kier molecular flexibility index (Phi) is 2.11. The third-order valence-electron chi connectivity index (χ3n) is 1.79. The van der Waals surface area contributed by atoms with E-state index in [4.69, 9.17) is 5.73 Å². The summed E-state index contributed by atoms with van der Waals surface area (Å²) < 4.78 is 1.61. The topological polar surface area (TPSA) is 73.3 Å². The Bertz CT molecular complexity index is 335. The number of nitroso groups, excluding NO2 is 1. The lowest BCUT2D eigenvalue weighted by atomic mass is 10.1. The summed E-state index contributed by atoms with van der Waals surface area (Å²) in [6.45, 7) is 7.61. The van der Waals surface area contributed by atoms with Crippen LogP contribution in [0.1, 0.15) is 26.5 Å². The molecule has 0 fully saturated rings. The fourth-order valence-corrected chi connectivity index (χ4v) is 1.16. The van der Waals surface area contributed by atoms with E-state index in [1.54, 1.807) is 11.6 Å². The molecular formula is C8H14N4O. The Labute approximate surface area is 76.9 Å². The maximum Gasteiger partial charge on any atom is 0.172 e. The maximum absolute atomic E-state index is 10.4. The third kappa shape index (κ3) is 1.54. The first-order chi connectivity index (χ1) is 5.88. The zero-order chi connectivity index (χ0) is 10.2. The molecule has 0 aromatic carbocycles. The number of nitrogen functional groups attached to an aromatic ring is 1. The first kappa shape index (κ1) is 9.70. The van der Waals surface area contributed by atoms with Crippen molar-refractivity contribution in [3.8, 4) is 0 Å². The number of hydrogen-bond acceptors (Lipinski definition) is 4. The molecule has 1 aromatic heterocycles. The lowest BCUT2D eigenvalue weighted by molar-refractivity contribution is 0.360. The van der Waals surface area contributed by atoms with Crippen LogP contribution in [0.15, 0.2) is 5.18 Å². The minimum Gasteiger partial charge on any atom is -0.382 e. The van der Waals surface area contributed by atoms with Crippen LogP contribution in [0.2, 0.25) is 0 Å². The van der Waals surface area contributed by atoms with E-state index in [-0.39, 0.29) is 11.2 Å². The predicted octanol–water partition coefficient (Wildman–Crippen LogP) is 1.93. The second kappa shape index (κ2) is 2.83. The summed E-state index contributed by atoms with van der Waals surface area (Å²) in [5.41, 5.74) is 6.30. The van der Waals surface area contributed by atoms with Crippen molar-refractivity contribution in [1.82, 2.24) is 9.78 Å². The molecule has 0 radical (unpaired) electrons. The highest BCUT2D eigenvalue weighted by Crippen LogP contribution is 2.29. The van der Waals surface area contributed by atoms with Gasteiger partial charge in [0.15, 0.2) is 11.5 Å². The van der Waals surface area contributed by atoms with Crippen LogP contribution in [0.4, 0.5) is 11.5 Å². The zero-order valence-electron chi connectivity index (χ0n) is 8.33. The monoisotopic (exact) mass is 182 g/mol. The van der Waals surface area contributed by atoms with Crippen LogP contribution >= 0.6 is 0 Å². The zero-order valence-corrected chi connectivity index (χ0v) is 8.33. The van der Waals surface area contributed by atoms with Crippen molar-refractivity contribution >= 4 is 11.5 Å². The van der Waals surface area contributed by atoms with Gasteiger partial charge in [-0.1, -0.05) is 0 Å². The first-order valence-electron chi connectivity index (χ1n) is 4.07. The Balaban J connectivity index is 3.34. The van der Waals surface area contributed by atoms with Gasteiger partial charge in [0.2, 0.25) is 0 Å². The van der Waals surface area contributed by atoms with Crippen molar-refractivity contribution in [2.75, 3.05) is 5.73 Å². The molecule has 1 aromatic rings. The number of aryl methyl sites for hydroxylation is 1. The number of anilines is 1. The van der Waals surface area contributed by atoms with Gasteiger partial charge in [-0.15, -0.1) is 4.91 Å². The summed E-state index contributed by atoms with van der Waals surface area (Å²) in [7, 11) is 0. The standard InChI is InChI=1S/C8H14N4O/c1-5-6(11-13)7(9)12(10-5)8(2,3)4/h9H2,1-4H3. The average Bonchev–Trinajstić information content (AvgIpc) is 2.25. The van der Waals surface area contributed by atoms with Crippen molar-refractivity contribution in [2.45, 2.75) is 33.2 Å². The Morgan fingerprint density at radius 3 is 2.23 bits per heavy atom. The molecule has 1 rings (SSSR count). The van der Waals surface area contributed by atoms with Gasteiger partial charge in [-0.05, 0) is 32.9 Å². The molecule has 0 bridgehead atoms. The maximum atomic E-state index is 10.4. The molecule has 0 aliphatic rings. The van der Waals surface area contributed by atoms with Gasteiger partial charge in [0, 0.05) is 0 Å². The molecule has 0 unspecified atom stereocenters. The predicted molar refractivity (Wildman–Crippen MR) is 51.8 cm³/mol. The minimum atomic E-state index is -0.224. The molecule has 5 nitrogen and oxygen atoms in total. The summed E-state index contributed by atoms with van der Waals surface area (Å²) in [6, 6.07) is 0. The van der Waals surface area contributed by atoms with Crippen molar-refractivity contribution in [3.05, 3.63) is 10.6 Å². The number of nitrogens with zero attached hydrogens (tertiary/aromatic N) is 3. The Morgan fingerprint density at radius 2 is 2.00 bits per heavy atom. The largest absolute Gasteiger partial charge is 0.382 e. The molecule has 0 atom stereocenters. The van der Waals surface area contributed by atoms with Gasteiger partial charge in [0.25, 0.3) is 0 Å². The van der Waals surface area contributed by atoms with E-state index >= 15 is 0 Å². The molecule has 5 heteroatoms. The van der Waals surface area contributed by atoms with Gasteiger partial charge in [0.05, 0.1) is 11.2 Å². The third-order valence-corrected chi connectivity index (χ3v) is 1.79. The fraction of sp³-hybridized carbons (Fsp3) is 0.625. The lowest BCUT2D eigenvalue weighted by Gasteiger charge is -2.20. The second-order valence-corrected chi connectivity index (χ2v) is 3.99. The van der Waals surface area contributed by atoms with E-state index in [0.29, 0.717) is 11.5 Å². The summed E-state index contributed by atoms with van der Waals surface area (Å²) in [4.78, 5) is 10.4. The Morgan fingerprint density at radius 1 is 1.46 bits per heavy atom. The van der Waals surface area contributed by atoms with Gasteiger partial charge in [0.1, 0.15) is 0 Å². The summed E-state index contributed by atoms with van der Waals surface area (Å²) in [6.07, 6.45) is 0. The molecule has 0 spiro atoms. The highest BCUT2D eigenvalue weighted by Gasteiger charge is 2.21. The van der Waals surface area contributed by atoms with Gasteiger partial charge >= 0.3 is 0 Å². The molecular weight excluding hydrogens is 168 g/mol. The number of aromatic nitrogens is 2. The summed E-state index contributed by atoms with van der Waals surface area (Å²) >= 11 is 0. The van der Waals surface area contributed by atoms with E-state index in [1.165, 1.54) is 0 Å². The fourth-order valence-electron chi connectivity index (χ4n) is 1.16. The van der Waals surface area contributed by atoms with Crippen LogP contribution in [-0.4, -0.2) is 9.78 Å². The molecule has 13 heavy (non-hydrogen) atoms. The van der Waals surface area contributed by atoms with E-state index in [2.05, 4.69) is 10.3 Å². The van der Waals surface area contributed by atoms with Crippen molar-refractivity contribution in [2.24, 2.45) is 5.18 Å². The van der Waals surface area contributed by atoms with Gasteiger partial charge in [-0.2, -0.15) is 5.10 Å². The molecule has 0 saturated carbocycles. The van der Waals surface area contributed by atoms with Crippen molar-refractivity contribution in [1.29, 1.82) is 0 Å². The molecule has 72 valence electrons. The van der Waals surface area contributed by atoms with E-state index in [1.807, 2.05) is 20.8 Å². The molecule has 1 heterocycles. The molecule has 0 amide bonds. The van der Waals surface area contributed by atoms with Crippen LogP contribution in [-0.2, 0) is 5.54 Å². The lowest BCUT2D eigenvalue weighted by Crippen LogP contribution is -2.24. The normalized spacial score (nSPS) is 11.7. The van der Waals surface area contributed by atoms with Crippen LogP contribution in [0.5, 0.6) is 0 Å². The van der Waals surface area contributed by atoms with Gasteiger partial charge in [-0.25, -0.2) is 4.68 Å². The molecule has 0 aliphatic carbocycles. The average molecular weight is 182 g/mol. The van der Waals surface area contributed by atoms with E-state index in [0.717, 1.165) is 0 Å². The first-order valence-corrected chi connectivity index (χ1v) is 4.07. The smallest absolute Gasteiger partial charge is 0.172 e. The molecule has 2 N–H and O–H groups in total. The minimum absolute atomic E-state index is 0.224. The Hall–Kier alpha value is -1.39. The van der Waals surface area contributed by atoms with E-state index < -0.39 is 0 Å². The summed E-state index contributed by atoms with van der Waals surface area (Å²) in [5.74, 6) is 0.333. The van der Waals surface area contributed by atoms with Crippen molar-refractivity contribution < 1.29 is 0 Å². The quantitative estimate of drug-likeness (QED) is 0.674. The van der Waals surface area contributed by atoms with Crippen molar-refractivity contribution in [3.63, 3.8) is 0 Å². The van der Waals surface area contributed by atoms with Gasteiger partial charge in [-0.3, -0.25) is 0 Å². The molecule has 0 saturated heterocycles. The van der Waals surface area contributed by atoms with E-state index in [9.17, 15) is 4.91 Å². The van der Waals surface area contributed by atoms with Crippen LogP contribution < -0.4 is 5.73 Å². The molecule has 0 aliphatic heterocycles. The second-order valence-electron chi connectivity index (χ2n) is 3.99. The van der Waals surface area contributed by atoms with Crippen LogP contribution in [0.25, 0.3) is 0 Å².